The molecule has 0 N–H and O–H groups in total. The summed E-state index contributed by atoms with van der Waals surface area (Å²) in [4.78, 5) is 2.38. The van der Waals surface area contributed by atoms with Crippen LogP contribution in [0.1, 0.15) is 24.8 Å². The van der Waals surface area contributed by atoms with Gasteiger partial charge in [0.25, 0.3) is 0 Å². The van der Waals surface area contributed by atoms with Gasteiger partial charge in [0.2, 0.25) is 0 Å². The van der Waals surface area contributed by atoms with Gasteiger partial charge in [-0.1, -0.05) is 36.8 Å². The molecule has 0 radical (unpaired) electrons. The average molecular weight is 226 g/mol. The third-order valence-corrected chi connectivity index (χ3v) is 4.35. The van der Waals surface area contributed by atoms with Crippen LogP contribution in [0.2, 0.25) is 0 Å². The minimum Gasteiger partial charge on any atom is -0.283 e. The van der Waals surface area contributed by atoms with Crippen LogP contribution in [-0.4, -0.2) is 17.5 Å². The summed E-state index contributed by atoms with van der Waals surface area (Å²) in [5.74, 6) is 1.42. The van der Waals surface area contributed by atoms with Gasteiger partial charge in [0.05, 0.1) is 6.07 Å². The van der Waals surface area contributed by atoms with E-state index in [0.29, 0.717) is 5.92 Å². The molecule has 1 aliphatic heterocycles. The lowest BCUT2D eigenvalue weighted by atomic mass is 9.95. The first-order valence-corrected chi connectivity index (χ1v) is 6.56. The molecule has 3 rings (SSSR count). The number of fused-ring (bicyclic) bond motifs is 1. The van der Waals surface area contributed by atoms with Crippen LogP contribution in [0.4, 0.5) is 0 Å². The molecule has 0 bridgehead atoms. The summed E-state index contributed by atoms with van der Waals surface area (Å²) in [5.41, 5.74) is 1.33. The maximum absolute atomic E-state index is 9.37. The Morgan fingerprint density at radius 3 is 2.82 bits per heavy atom. The molecule has 0 unspecified atom stereocenters. The monoisotopic (exact) mass is 226 g/mol. The van der Waals surface area contributed by atoms with Crippen LogP contribution in [0.3, 0.4) is 0 Å². The van der Waals surface area contributed by atoms with Gasteiger partial charge >= 0.3 is 0 Å². The van der Waals surface area contributed by atoms with Crippen molar-refractivity contribution in [2.75, 3.05) is 6.54 Å². The lowest BCUT2D eigenvalue weighted by Gasteiger charge is -2.21. The van der Waals surface area contributed by atoms with Gasteiger partial charge in [-0.25, -0.2) is 0 Å². The zero-order valence-electron chi connectivity index (χ0n) is 10.0. The van der Waals surface area contributed by atoms with Gasteiger partial charge in [0.15, 0.2) is 0 Å². The van der Waals surface area contributed by atoms with Gasteiger partial charge in [-0.2, -0.15) is 5.26 Å². The molecule has 0 amide bonds. The molecule has 2 nitrogen and oxygen atoms in total. The second-order valence-corrected chi connectivity index (χ2v) is 5.34. The van der Waals surface area contributed by atoms with Crippen molar-refractivity contribution in [3.05, 3.63) is 35.9 Å². The summed E-state index contributed by atoms with van der Waals surface area (Å²) in [7, 11) is 0. The van der Waals surface area contributed by atoms with Gasteiger partial charge in [0, 0.05) is 13.1 Å². The van der Waals surface area contributed by atoms with E-state index >= 15 is 0 Å². The molecular weight excluding hydrogens is 208 g/mol. The molecular formula is C15H18N2. The van der Waals surface area contributed by atoms with Crippen molar-refractivity contribution in [3.63, 3.8) is 0 Å². The summed E-state index contributed by atoms with van der Waals surface area (Å²) < 4.78 is 0. The first-order chi connectivity index (χ1) is 8.38. The number of likely N-dealkylation sites (tertiary alicyclic amines) is 1. The second-order valence-electron chi connectivity index (χ2n) is 5.34. The van der Waals surface area contributed by atoms with Crippen molar-refractivity contribution < 1.29 is 0 Å². The maximum atomic E-state index is 9.37. The molecule has 2 aliphatic rings. The molecule has 1 aromatic carbocycles. The Balaban J connectivity index is 1.74. The molecule has 2 heteroatoms. The predicted octanol–water partition coefficient (Wildman–Crippen LogP) is 2.81. The van der Waals surface area contributed by atoms with Crippen LogP contribution in [0.5, 0.6) is 0 Å². The van der Waals surface area contributed by atoms with Crippen molar-refractivity contribution in [3.8, 4) is 6.07 Å². The van der Waals surface area contributed by atoms with E-state index in [9.17, 15) is 5.26 Å². The average Bonchev–Trinajstić information content (AvgIpc) is 2.90. The van der Waals surface area contributed by atoms with E-state index in [1.54, 1.807) is 0 Å². The minimum absolute atomic E-state index is 0.155. The first-order valence-electron chi connectivity index (χ1n) is 6.56. The van der Waals surface area contributed by atoms with Crippen LogP contribution in [0, 0.1) is 23.2 Å². The maximum Gasteiger partial charge on any atom is 0.101 e. The number of hydrogen-bond donors (Lipinski definition) is 0. The predicted molar refractivity (Wildman–Crippen MR) is 67.1 cm³/mol. The summed E-state index contributed by atoms with van der Waals surface area (Å²) in [5, 5.41) is 9.37. The first kappa shape index (κ1) is 10.8. The summed E-state index contributed by atoms with van der Waals surface area (Å²) >= 11 is 0. The Morgan fingerprint density at radius 1 is 1.24 bits per heavy atom. The fraction of sp³-hybridized carbons (Fsp3) is 0.533. The molecule has 1 aromatic rings. The summed E-state index contributed by atoms with van der Waals surface area (Å²) in [6.07, 6.45) is 3.91. The van der Waals surface area contributed by atoms with Crippen LogP contribution in [-0.2, 0) is 6.54 Å². The van der Waals surface area contributed by atoms with Crippen molar-refractivity contribution in [2.45, 2.75) is 31.8 Å². The van der Waals surface area contributed by atoms with E-state index in [1.165, 1.54) is 24.8 Å². The smallest absolute Gasteiger partial charge is 0.101 e. The quantitative estimate of drug-likeness (QED) is 0.775. The van der Waals surface area contributed by atoms with Crippen molar-refractivity contribution in [1.82, 2.24) is 4.90 Å². The van der Waals surface area contributed by atoms with E-state index in [-0.39, 0.29) is 6.04 Å². The molecule has 0 aromatic heterocycles. The molecule has 17 heavy (non-hydrogen) atoms. The Hall–Kier alpha value is -1.33. The van der Waals surface area contributed by atoms with Crippen molar-refractivity contribution in [2.24, 2.45) is 11.8 Å². The van der Waals surface area contributed by atoms with Crippen LogP contribution < -0.4 is 0 Å². The van der Waals surface area contributed by atoms with Crippen molar-refractivity contribution in [1.29, 1.82) is 5.26 Å². The Kier molecular flexibility index (Phi) is 2.86. The number of nitrogens with zero attached hydrogens (tertiary/aromatic N) is 2. The topological polar surface area (TPSA) is 27.0 Å². The van der Waals surface area contributed by atoms with Gasteiger partial charge < -0.3 is 0 Å². The largest absolute Gasteiger partial charge is 0.283 e. The molecule has 2 fully saturated rings. The number of hydrogen-bond acceptors (Lipinski definition) is 2. The number of nitriles is 1. The van der Waals surface area contributed by atoms with Crippen LogP contribution in [0.25, 0.3) is 0 Å². The Labute approximate surface area is 103 Å². The van der Waals surface area contributed by atoms with Crippen LogP contribution >= 0.6 is 0 Å². The third-order valence-electron chi connectivity index (χ3n) is 4.35. The summed E-state index contributed by atoms with van der Waals surface area (Å²) in [6, 6.07) is 13.2. The third kappa shape index (κ3) is 1.96. The van der Waals surface area contributed by atoms with Gasteiger partial charge in [0.1, 0.15) is 6.04 Å². The van der Waals surface area contributed by atoms with E-state index < -0.39 is 0 Å². The van der Waals surface area contributed by atoms with Gasteiger partial charge in [-0.3, -0.25) is 4.90 Å². The summed E-state index contributed by atoms with van der Waals surface area (Å²) in [6.45, 7) is 2.06. The number of benzene rings is 1. The fourth-order valence-corrected chi connectivity index (χ4v) is 3.55. The molecule has 1 aliphatic carbocycles. The lowest BCUT2D eigenvalue weighted by molar-refractivity contribution is 0.256. The number of rotatable bonds is 2. The van der Waals surface area contributed by atoms with E-state index in [4.69, 9.17) is 0 Å². The Bertz CT molecular complexity index is 420. The molecule has 1 heterocycles. The SMILES string of the molecule is N#C[C@@H]1[C@H]2CCC[C@H]2CN1Cc1ccccc1. The molecule has 0 spiro atoms. The van der Waals surface area contributed by atoms with E-state index in [0.717, 1.165) is 19.0 Å². The van der Waals surface area contributed by atoms with Crippen molar-refractivity contribution >= 4 is 0 Å². The minimum atomic E-state index is 0.155. The highest BCUT2D eigenvalue weighted by atomic mass is 15.2. The fourth-order valence-electron chi connectivity index (χ4n) is 3.55. The highest BCUT2D eigenvalue weighted by Crippen LogP contribution is 2.42. The van der Waals surface area contributed by atoms with Crippen LogP contribution in [0.15, 0.2) is 30.3 Å². The zero-order chi connectivity index (χ0) is 11.7. The molecule has 1 saturated heterocycles. The van der Waals surface area contributed by atoms with E-state index in [1.807, 2.05) is 6.07 Å². The normalized spacial score (nSPS) is 32.3. The molecule has 88 valence electrons. The van der Waals surface area contributed by atoms with Gasteiger partial charge in [-0.15, -0.1) is 0 Å². The molecule has 1 saturated carbocycles. The lowest BCUT2D eigenvalue weighted by Crippen LogP contribution is -2.30. The van der Waals surface area contributed by atoms with E-state index in [2.05, 4.69) is 35.2 Å². The highest BCUT2D eigenvalue weighted by Gasteiger charge is 2.43. The zero-order valence-corrected chi connectivity index (χ0v) is 10.0. The Morgan fingerprint density at radius 2 is 2.06 bits per heavy atom. The van der Waals surface area contributed by atoms with Gasteiger partial charge in [-0.05, 0) is 30.2 Å². The standard InChI is InChI=1S/C15H18N2/c16-9-15-14-8-4-7-13(14)11-17(15)10-12-5-2-1-3-6-12/h1-3,5-6,13-15H,4,7-8,10-11H2/t13-,14-,15+/m0/s1. The second kappa shape index (κ2) is 4.50. The molecule has 3 atom stereocenters. The highest BCUT2D eigenvalue weighted by molar-refractivity contribution is 5.16.